The molecule has 5 heteroatoms. The van der Waals surface area contributed by atoms with Crippen LogP contribution in [0.15, 0.2) is 42.5 Å². The number of carbonyl (C=O) groups is 3. The summed E-state index contributed by atoms with van der Waals surface area (Å²) in [4.78, 5) is 37.5. The minimum absolute atomic E-state index is 0.0468. The molecule has 0 spiro atoms. The number of rotatable bonds is 6. The predicted molar refractivity (Wildman–Crippen MR) is 108 cm³/mol. The fourth-order valence-electron chi connectivity index (χ4n) is 2.93. The van der Waals surface area contributed by atoms with Gasteiger partial charge in [-0.15, -0.1) is 0 Å². The molecule has 2 aromatic carbocycles. The van der Waals surface area contributed by atoms with Crippen molar-refractivity contribution in [2.24, 2.45) is 0 Å². The molecule has 0 unspecified atom stereocenters. The van der Waals surface area contributed by atoms with Crippen molar-refractivity contribution in [3.63, 3.8) is 0 Å². The molecule has 0 heterocycles. The summed E-state index contributed by atoms with van der Waals surface area (Å²) in [7, 11) is 0. The van der Waals surface area contributed by atoms with Gasteiger partial charge in [-0.25, -0.2) is 0 Å². The lowest BCUT2D eigenvalue weighted by molar-refractivity contribution is -0.120. The number of aryl methyl sites for hydroxylation is 1. The molecule has 0 saturated carbocycles. The zero-order valence-electron chi connectivity index (χ0n) is 16.5. The first-order chi connectivity index (χ1) is 12.7. The average Bonchev–Trinajstić information content (AvgIpc) is 2.61. The third-order valence-electron chi connectivity index (χ3n) is 4.46. The number of carbonyl (C=O) groups excluding carboxylic acids is 3. The maximum absolute atomic E-state index is 12.6. The van der Waals surface area contributed by atoms with Crippen molar-refractivity contribution >= 4 is 29.0 Å². The molecule has 27 heavy (non-hydrogen) atoms. The molecule has 2 aromatic rings. The molecule has 0 radical (unpaired) electrons. The second-order valence-electron chi connectivity index (χ2n) is 6.95. The normalized spacial score (nSPS) is 10.6. The number of hydrogen-bond acceptors (Lipinski definition) is 3. The van der Waals surface area contributed by atoms with Crippen LogP contribution in [0, 0.1) is 6.92 Å². The zero-order valence-corrected chi connectivity index (χ0v) is 16.5. The molecule has 2 rings (SSSR count). The summed E-state index contributed by atoms with van der Waals surface area (Å²) in [5.74, 6) is -0.288. The number of anilines is 2. The largest absolute Gasteiger partial charge is 0.324 e. The number of nitrogens with zero attached hydrogens (tertiary/aromatic N) is 1. The van der Waals surface area contributed by atoms with Gasteiger partial charge in [-0.05, 0) is 55.2 Å². The third-order valence-corrected chi connectivity index (χ3v) is 4.46. The summed E-state index contributed by atoms with van der Waals surface area (Å²) in [5, 5.41) is 2.96. The van der Waals surface area contributed by atoms with Crippen molar-refractivity contribution in [1.82, 2.24) is 0 Å². The minimum atomic E-state index is -0.267. The number of ketones is 1. The van der Waals surface area contributed by atoms with Crippen LogP contribution in [0.5, 0.6) is 0 Å². The lowest BCUT2D eigenvalue weighted by Crippen LogP contribution is -2.37. The summed E-state index contributed by atoms with van der Waals surface area (Å²) in [6.45, 7) is 8.90. The van der Waals surface area contributed by atoms with Crippen molar-refractivity contribution in [2.45, 2.75) is 40.5 Å². The summed E-state index contributed by atoms with van der Waals surface area (Å²) in [5.41, 5.74) is 3.98. The third kappa shape index (κ3) is 5.03. The Hall–Kier alpha value is -2.95. The average molecular weight is 366 g/mol. The highest BCUT2D eigenvalue weighted by atomic mass is 16.2. The maximum atomic E-state index is 12.6. The number of Topliss-reactive ketones (excluding diaryl/α,β-unsaturated/α-hetero) is 1. The number of benzene rings is 2. The van der Waals surface area contributed by atoms with Crippen LogP contribution in [0.1, 0.15) is 55.1 Å². The van der Waals surface area contributed by atoms with Gasteiger partial charge in [0.25, 0.3) is 0 Å². The molecule has 1 N–H and O–H groups in total. The lowest BCUT2D eigenvalue weighted by atomic mass is 9.98. The van der Waals surface area contributed by atoms with Gasteiger partial charge in [0.2, 0.25) is 11.8 Å². The van der Waals surface area contributed by atoms with Gasteiger partial charge < -0.3 is 10.2 Å². The highest BCUT2D eigenvalue weighted by molar-refractivity contribution is 6.02. The smallest absolute Gasteiger partial charge is 0.244 e. The predicted octanol–water partition coefficient (Wildman–Crippen LogP) is 4.31. The Labute approximate surface area is 160 Å². The SMILES string of the molecule is CC(=O)c1ccc(N(CC(=O)Nc2c(C)cccc2C(C)C)C(C)=O)cc1. The van der Waals surface area contributed by atoms with E-state index in [1.807, 2.05) is 25.1 Å². The lowest BCUT2D eigenvalue weighted by Gasteiger charge is -2.22. The Morgan fingerprint density at radius 1 is 1.00 bits per heavy atom. The van der Waals surface area contributed by atoms with Gasteiger partial charge in [-0.2, -0.15) is 0 Å². The van der Waals surface area contributed by atoms with Crippen molar-refractivity contribution in [3.05, 3.63) is 59.2 Å². The molecule has 0 saturated heterocycles. The molecule has 0 aliphatic heterocycles. The van der Waals surface area contributed by atoms with E-state index in [1.54, 1.807) is 24.3 Å². The molecule has 0 fully saturated rings. The molecule has 0 aromatic heterocycles. The highest BCUT2D eigenvalue weighted by Gasteiger charge is 2.18. The van der Waals surface area contributed by atoms with E-state index in [0.29, 0.717) is 11.3 Å². The van der Waals surface area contributed by atoms with Gasteiger partial charge in [0.15, 0.2) is 5.78 Å². The van der Waals surface area contributed by atoms with Gasteiger partial charge >= 0.3 is 0 Å². The van der Waals surface area contributed by atoms with Crippen molar-refractivity contribution in [1.29, 1.82) is 0 Å². The number of amides is 2. The molecular weight excluding hydrogens is 340 g/mol. The Kier molecular flexibility index (Phi) is 6.50. The van der Waals surface area contributed by atoms with Gasteiger partial charge in [-0.1, -0.05) is 32.0 Å². The molecule has 0 bridgehead atoms. The molecular formula is C22H26N2O3. The first-order valence-corrected chi connectivity index (χ1v) is 8.99. The molecule has 0 aliphatic carbocycles. The molecule has 5 nitrogen and oxygen atoms in total. The van der Waals surface area contributed by atoms with Crippen LogP contribution < -0.4 is 10.2 Å². The number of hydrogen-bond donors (Lipinski definition) is 1. The standard InChI is InChI=1S/C22H26N2O3/c1-14(2)20-8-6-7-15(3)22(20)23-21(27)13-24(17(5)26)19-11-9-18(10-12-19)16(4)25/h6-12,14H,13H2,1-5H3,(H,23,27). The summed E-state index contributed by atoms with van der Waals surface area (Å²) in [6, 6.07) is 12.6. The second-order valence-corrected chi connectivity index (χ2v) is 6.95. The number of para-hydroxylation sites is 1. The van der Waals surface area contributed by atoms with Crippen molar-refractivity contribution < 1.29 is 14.4 Å². The first kappa shape index (κ1) is 20.4. The fraction of sp³-hybridized carbons (Fsp3) is 0.318. The Balaban J connectivity index is 2.21. The van der Waals surface area contributed by atoms with E-state index in [1.165, 1.54) is 18.7 Å². The van der Waals surface area contributed by atoms with E-state index in [-0.39, 0.29) is 30.1 Å². The van der Waals surface area contributed by atoms with Gasteiger partial charge in [0, 0.05) is 23.9 Å². The Bertz CT molecular complexity index is 854. The summed E-state index contributed by atoms with van der Waals surface area (Å²) >= 11 is 0. The van der Waals surface area contributed by atoms with E-state index in [2.05, 4.69) is 19.2 Å². The van der Waals surface area contributed by atoms with Gasteiger partial charge in [0.05, 0.1) is 0 Å². The van der Waals surface area contributed by atoms with Crippen LogP contribution in [0.3, 0.4) is 0 Å². The monoisotopic (exact) mass is 366 g/mol. The van der Waals surface area contributed by atoms with Crippen LogP contribution in [-0.2, 0) is 9.59 Å². The zero-order chi connectivity index (χ0) is 20.1. The topological polar surface area (TPSA) is 66.5 Å². The van der Waals surface area contributed by atoms with Crippen LogP contribution in [-0.4, -0.2) is 24.1 Å². The van der Waals surface area contributed by atoms with Crippen LogP contribution in [0.4, 0.5) is 11.4 Å². The summed E-state index contributed by atoms with van der Waals surface area (Å²) < 4.78 is 0. The first-order valence-electron chi connectivity index (χ1n) is 8.99. The summed E-state index contributed by atoms with van der Waals surface area (Å²) in [6.07, 6.45) is 0. The fourth-order valence-corrected chi connectivity index (χ4v) is 2.93. The molecule has 0 atom stereocenters. The molecule has 0 aliphatic rings. The van der Waals surface area contributed by atoms with E-state index in [0.717, 1.165) is 16.8 Å². The van der Waals surface area contributed by atoms with Crippen LogP contribution >= 0.6 is 0 Å². The van der Waals surface area contributed by atoms with Crippen molar-refractivity contribution in [2.75, 3.05) is 16.8 Å². The van der Waals surface area contributed by atoms with Gasteiger partial charge in [0.1, 0.15) is 6.54 Å². The highest BCUT2D eigenvalue weighted by Crippen LogP contribution is 2.27. The molecule has 2 amide bonds. The van der Waals surface area contributed by atoms with E-state index in [4.69, 9.17) is 0 Å². The Morgan fingerprint density at radius 3 is 2.15 bits per heavy atom. The van der Waals surface area contributed by atoms with Crippen LogP contribution in [0.25, 0.3) is 0 Å². The van der Waals surface area contributed by atoms with Crippen molar-refractivity contribution in [3.8, 4) is 0 Å². The van der Waals surface area contributed by atoms with Gasteiger partial charge in [-0.3, -0.25) is 14.4 Å². The van der Waals surface area contributed by atoms with E-state index in [9.17, 15) is 14.4 Å². The van der Waals surface area contributed by atoms with E-state index < -0.39 is 0 Å². The molecule has 142 valence electrons. The maximum Gasteiger partial charge on any atom is 0.244 e. The Morgan fingerprint density at radius 2 is 1.63 bits per heavy atom. The quantitative estimate of drug-likeness (QED) is 0.775. The number of nitrogens with one attached hydrogen (secondary N) is 1. The van der Waals surface area contributed by atoms with Crippen LogP contribution in [0.2, 0.25) is 0 Å². The minimum Gasteiger partial charge on any atom is -0.324 e. The van der Waals surface area contributed by atoms with E-state index >= 15 is 0 Å². The second kappa shape index (κ2) is 8.62.